The standard InChI is InChI=1S/C32H32N2O4S/c1-3-38-32(37)26-10-7-17-33(21-26)30(35)25-15-13-23(14-16-25)19-29-31(36)34(20-24-9-6-8-22(2)18-24)27-11-4-5-12-28(27)39-29/h4-6,8-9,11-16,18-19,26H,3,7,10,17,20-21H2,1-2H3. The SMILES string of the molecule is CCOC(=O)C1CCCN(C(=O)c2ccc(C=C3Sc4ccccc4N(Cc4cccc(C)c4)C3=O)cc2)C1. The van der Waals surface area contributed by atoms with E-state index in [1.807, 2.05) is 59.5 Å². The number of fused-ring (bicyclic) bond motifs is 1. The van der Waals surface area contributed by atoms with Crippen LogP contribution >= 0.6 is 11.8 Å². The Labute approximate surface area is 233 Å². The number of amides is 2. The van der Waals surface area contributed by atoms with Crippen molar-refractivity contribution in [2.75, 3.05) is 24.6 Å². The molecule has 200 valence electrons. The summed E-state index contributed by atoms with van der Waals surface area (Å²) in [6, 6.07) is 23.5. The second-order valence-corrected chi connectivity index (χ2v) is 11.0. The van der Waals surface area contributed by atoms with Crippen molar-refractivity contribution < 1.29 is 19.1 Å². The van der Waals surface area contributed by atoms with Gasteiger partial charge in [-0.3, -0.25) is 14.4 Å². The molecule has 6 nitrogen and oxygen atoms in total. The fourth-order valence-electron chi connectivity index (χ4n) is 5.08. The first-order valence-corrected chi connectivity index (χ1v) is 14.2. The van der Waals surface area contributed by atoms with Crippen LogP contribution in [0.1, 0.15) is 46.8 Å². The summed E-state index contributed by atoms with van der Waals surface area (Å²) in [5.41, 5.74) is 4.56. The monoisotopic (exact) mass is 540 g/mol. The quantitative estimate of drug-likeness (QED) is 0.280. The molecule has 3 aromatic rings. The highest BCUT2D eigenvalue weighted by Gasteiger charge is 2.31. The van der Waals surface area contributed by atoms with Crippen molar-refractivity contribution in [3.05, 3.63) is 100.0 Å². The van der Waals surface area contributed by atoms with E-state index in [2.05, 4.69) is 19.1 Å². The molecule has 1 atom stereocenters. The minimum absolute atomic E-state index is 0.0429. The first-order chi connectivity index (χ1) is 18.9. The van der Waals surface area contributed by atoms with E-state index in [4.69, 9.17) is 4.74 Å². The van der Waals surface area contributed by atoms with Crippen molar-refractivity contribution >= 4 is 41.3 Å². The first-order valence-electron chi connectivity index (χ1n) is 13.3. The molecule has 1 unspecified atom stereocenters. The third kappa shape index (κ3) is 6.09. The molecule has 2 aliphatic rings. The molecule has 2 aliphatic heterocycles. The average molecular weight is 541 g/mol. The van der Waals surface area contributed by atoms with Crippen molar-refractivity contribution in [2.45, 2.75) is 38.1 Å². The maximum Gasteiger partial charge on any atom is 0.310 e. The van der Waals surface area contributed by atoms with Gasteiger partial charge in [0.25, 0.3) is 11.8 Å². The van der Waals surface area contributed by atoms with Gasteiger partial charge in [-0.05, 0) is 68.2 Å². The Kier molecular flexibility index (Phi) is 8.17. The molecule has 0 aliphatic carbocycles. The topological polar surface area (TPSA) is 66.9 Å². The number of thioether (sulfide) groups is 1. The number of esters is 1. The highest BCUT2D eigenvalue weighted by molar-refractivity contribution is 8.04. The molecule has 3 aromatic carbocycles. The number of ether oxygens (including phenoxy) is 1. The highest BCUT2D eigenvalue weighted by atomic mass is 32.2. The lowest BCUT2D eigenvalue weighted by Crippen LogP contribution is -2.42. The van der Waals surface area contributed by atoms with Gasteiger partial charge in [0.1, 0.15) is 0 Å². The minimum Gasteiger partial charge on any atom is -0.466 e. The van der Waals surface area contributed by atoms with E-state index in [0.717, 1.165) is 40.1 Å². The van der Waals surface area contributed by atoms with Crippen LogP contribution in [0.5, 0.6) is 0 Å². The van der Waals surface area contributed by atoms with E-state index in [-0.39, 0.29) is 23.7 Å². The van der Waals surface area contributed by atoms with Crippen LogP contribution in [-0.4, -0.2) is 42.4 Å². The van der Waals surface area contributed by atoms with Crippen LogP contribution in [0.2, 0.25) is 0 Å². The first kappa shape index (κ1) is 26.8. The molecule has 2 amide bonds. The van der Waals surface area contributed by atoms with E-state index < -0.39 is 0 Å². The molecule has 5 rings (SSSR count). The Balaban J connectivity index is 1.34. The Hall–Kier alpha value is -3.84. The lowest BCUT2D eigenvalue weighted by Gasteiger charge is -2.31. The van der Waals surface area contributed by atoms with Crippen LogP contribution < -0.4 is 4.90 Å². The zero-order valence-electron chi connectivity index (χ0n) is 22.3. The van der Waals surface area contributed by atoms with Crippen LogP contribution in [0.3, 0.4) is 0 Å². The summed E-state index contributed by atoms with van der Waals surface area (Å²) in [5, 5.41) is 0. The largest absolute Gasteiger partial charge is 0.466 e. The predicted molar refractivity (Wildman–Crippen MR) is 154 cm³/mol. The summed E-state index contributed by atoms with van der Waals surface area (Å²) in [6.07, 6.45) is 3.40. The van der Waals surface area contributed by atoms with Gasteiger partial charge in [-0.1, -0.05) is 65.9 Å². The number of carbonyl (C=O) groups is 3. The van der Waals surface area contributed by atoms with Gasteiger partial charge in [0.15, 0.2) is 0 Å². The van der Waals surface area contributed by atoms with E-state index in [0.29, 0.717) is 36.7 Å². The van der Waals surface area contributed by atoms with Gasteiger partial charge in [-0.2, -0.15) is 0 Å². The zero-order chi connectivity index (χ0) is 27.4. The lowest BCUT2D eigenvalue weighted by molar-refractivity contribution is -0.149. The molecule has 0 radical (unpaired) electrons. The van der Waals surface area contributed by atoms with Gasteiger partial charge in [-0.25, -0.2) is 0 Å². The number of nitrogens with zero attached hydrogens (tertiary/aromatic N) is 2. The normalized spacial score (nSPS) is 18.2. The second kappa shape index (κ2) is 11.9. The maximum atomic E-state index is 13.6. The van der Waals surface area contributed by atoms with Gasteiger partial charge in [0.05, 0.1) is 29.7 Å². The smallest absolute Gasteiger partial charge is 0.310 e. The van der Waals surface area contributed by atoms with Crippen LogP contribution in [0.15, 0.2) is 82.6 Å². The summed E-state index contributed by atoms with van der Waals surface area (Å²) >= 11 is 1.47. The molecule has 1 saturated heterocycles. The number of piperidine rings is 1. The van der Waals surface area contributed by atoms with Crippen LogP contribution in [0, 0.1) is 12.8 Å². The number of hydrogen-bond acceptors (Lipinski definition) is 5. The summed E-state index contributed by atoms with van der Waals surface area (Å²) in [4.78, 5) is 44.2. The van der Waals surface area contributed by atoms with E-state index in [1.165, 1.54) is 11.8 Å². The lowest BCUT2D eigenvalue weighted by atomic mass is 9.97. The zero-order valence-corrected chi connectivity index (χ0v) is 23.1. The van der Waals surface area contributed by atoms with Crippen molar-refractivity contribution in [1.82, 2.24) is 4.90 Å². The van der Waals surface area contributed by atoms with E-state index >= 15 is 0 Å². The fourth-order valence-corrected chi connectivity index (χ4v) is 6.14. The van der Waals surface area contributed by atoms with Gasteiger partial charge in [-0.15, -0.1) is 0 Å². The molecule has 0 saturated carbocycles. The van der Waals surface area contributed by atoms with Crippen molar-refractivity contribution in [3.8, 4) is 0 Å². The fraction of sp³-hybridized carbons (Fsp3) is 0.281. The summed E-state index contributed by atoms with van der Waals surface area (Å²) in [6.45, 7) is 5.68. The van der Waals surface area contributed by atoms with Gasteiger partial charge < -0.3 is 14.5 Å². The van der Waals surface area contributed by atoms with E-state index in [1.54, 1.807) is 24.0 Å². The molecule has 0 bridgehead atoms. The number of anilines is 1. The van der Waals surface area contributed by atoms with E-state index in [9.17, 15) is 14.4 Å². The Morgan fingerprint density at radius 3 is 2.62 bits per heavy atom. The number of carbonyl (C=O) groups excluding carboxylic acids is 3. The summed E-state index contributed by atoms with van der Waals surface area (Å²) < 4.78 is 5.16. The van der Waals surface area contributed by atoms with Gasteiger partial charge in [0, 0.05) is 23.5 Å². The minimum atomic E-state index is -0.272. The second-order valence-electron chi connectivity index (χ2n) is 9.92. The molecule has 39 heavy (non-hydrogen) atoms. The third-order valence-corrected chi connectivity index (χ3v) is 8.12. The number of para-hydroxylation sites is 1. The van der Waals surface area contributed by atoms with Crippen LogP contribution in [0.25, 0.3) is 6.08 Å². The van der Waals surface area contributed by atoms with Crippen molar-refractivity contribution in [3.63, 3.8) is 0 Å². The molecule has 2 heterocycles. The number of aryl methyl sites for hydroxylation is 1. The Bertz CT molecular complexity index is 1420. The molecule has 1 fully saturated rings. The highest BCUT2D eigenvalue weighted by Crippen LogP contribution is 2.42. The van der Waals surface area contributed by atoms with Crippen molar-refractivity contribution in [2.24, 2.45) is 5.92 Å². The number of likely N-dealkylation sites (tertiary alicyclic amines) is 1. The van der Waals surface area contributed by atoms with Gasteiger partial charge >= 0.3 is 5.97 Å². The molecule has 7 heteroatoms. The van der Waals surface area contributed by atoms with Crippen LogP contribution in [0.4, 0.5) is 5.69 Å². The Morgan fingerprint density at radius 1 is 1.05 bits per heavy atom. The molecule has 0 spiro atoms. The van der Waals surface area contributed by atoms with Crippen molar-refractivity contribution in [1.29, 1.82) is 0 Å². The molecule has 0 aromatic heterocycles. The summed E-state index contributed by atoms with van der Waals surface area (Å²) in [7, 11) is 0. The molecule has 0 N–H and O–H groups in total. The number of rotatable bonds is 6. The number of benzene rings is 3. The predicted octanol–water partition coefficient (Wildman–Crippen LogP) is 6.09. The maximum absolute atomic E-state index is 13.6. The summed E-state index contributed by atoms with van der Waals surface area (Å²) in [5.74, 6) is -0.639. The van der Waals surface area contributed by atoms with Gasteiger partial charge in [0.2, 0.25) is 0 Å². The molecular weight excluding hydrogens is 508 g/mol. The molecular formula is C32H32N2O4S. The number of hydrogen-bond donors (Lipinski definition) is 0. The third-order valence-electron chi connectivity index (χ3n) is 7.04. The Morgan fingerprint density at radius 2 is 1.85 bits per heavy atom. The average Bonchev–Trinajstić information content (AvgIpc) is 2.95. The van der Waals surface area contributed by atoms with Crippen LogP contribution in [-0.2, 0) is 20.9 Å².